The van der Waals surface area contributed by atoms with Crippen molar-refractivity contribution in [3.8, 4) is 0 Å². The molecule has 0 spiro atoms. The molecule has 19 heavy (non-hydrogen) atoms. The van der Waals surface area contributed by atoms with E-state index in [1.54, 1.807) is 0 Å². The maximum atomic E-state index is 5.94. The van der Waals surface area contributed by atoms with Crippen LogP contribution in [0.2, 0.25) is 0 Å². The minimum atomic E-state index is 0.187. The van der Waals surface area contributed by atoms with Crippen molar-refractivity contribution in [2.45, 2.75) is 19.5 Å². The highest BCUT2D eigenvalue weighted by Crippen LogP contribution is 2.20. The molecule has 0 radical (unpaired) electrons. The van der Waals surface area contributed by atoms with E-state index >= 15 is 0 Å². The summed E-state index contributed by atoms with van der Waals surface area (Å²) in [5, 5.41) is 0. The van der Waals surface area contributed by atoms with Gasteiger partial charge in [-0.15, -0.1) is 0 Å². The number of hydrogen-bond donors (Lipinski definition) is 1. The molecule has 0 saturated carbocycles. The Kier molecular flexibility index (Phi) is 4.35. The summed E-state index contributed by atoms with van der Waals surface area (Å²) in [5.74, 6) is 0. The molecule has 4 heteroatoms. The molecule has 1 atom stereocenters. The largest absolute Gasteiger partial charge is 0.336 e. The molecule has 1 heterocycles. The summed E-state index contributed by atoms with van der Waals surface area (Å²) < 4.78 is 2.03. The lowest BCUT2D eigenvalue weighted by molar-refractivity contribution is 0.233. The van der Waals surface area contributed by atoms with Gasteiger partial charge in [0.1, 0.15) is 0 Å². The SMILES string of the molecule is Cc1ccccc1CN(C)C(CN)c1cncn1C. The molecule has 1 aromatic carbocycles. The summed E-state index contributed by atoms with van der Waals surface area (Å²) in [6.07, 6.45) is 3.71. The summed E-state index contributed by atoms with van der Waals surface area (Å²) >= 11 is 0. The molecule has 2 aromatic rings. The van der Waals surface area contributed by atoms with Gasteiger partial charge >= 0.3 is 0 Å². The van der Waals surface area contributed by atoms with Gasteiger partial charge < -0.3 is 10.3 Å². The Morgan fingerprint density at radius 1 is 1.37 bits per heavy atom. The third kappa shape index (κ3) is 3.03. The van der Waals surface area contributed by atoms with E-state index in [9.17, 15) is 0 Å². The second-order valence-corrected chi connectivity index (χ2v) is 5.02. The number of benzene rings is 1. The quantitative estimate of drug-likeness (QED) is 0.890. The van der Waals surface area contributed by atoms with E-state index in [4.69, 9.17) is 5.73 Å². The number of nitrogens with two attached hydrogens (primary N) is 1. The summed E-state index contributed by atoms with van der Waals surface area (Å²) in [4.78, 5) is 6.46. The minimum absolute atomic E-state index is 0.187. The lowest BCUT2D eigenvalue weighted by Gasteiger charge is -2.27. The van der Waals surface area contributed by atoms with E-state index in [1.807, 2.05) is 24.1 Å². The molecule has 0 amide bonds. The van der Waals surface area contributed by atoms with E-state index in [0.717, 1.165) is 12.2 Å². The average Bonchev–Trinajstić information content (AvgIpc) is 2.80. The van der Waals surface area contributed by atoms with Gasteiger partial charge in [-0.25, -0.2) is 4.98 Å². The number of imidazole rings is 1. The van der Waals surface area contributed by atoms with Crippen molar-refractivity contribution >= 4 is 0 Å². The zero-order valence-corrected chi connectivity index (χ0v) is 11.9. The van der Waals surface area contributed by atoms with Crippen molar-refractivity contribution in [3.05, 3.63) is 53.6 Å². The molecule has 0 aliphatic rings. The molecule has 0 bridgehead atoms. The summed E-state index contributed by atoms with van der Waals surface area (Å²) in [7, 11) is 4.11. The van der Waals surface area contributed by atoms with Crippen molar-refractivity contribution < 1.29 is 0 Å². The Balaban J connectivity index is 2.16. The number of aromatic nitrogens is 2. The van der Waals surface area contributed by atoms with E-state index in [0.29, 0.717) is 6.54 Å². The number of nitrogens with zero attached hydrogens (tertiary/aromatic N) is 3. The highest BCUT2D eigenvalue weighted by molar-refractivity contribution is 5.25. The first-order valence-electron chi connectivity index (χ1n) is 6.54. The van der Waals surface area contributed by atoms with Crippen LogP contribution in [0.5, 0.6) is 0 Å². The molecule has 0 aliphatic carbocycles. The van der Waals surface area contributed by atoms with Crippen LogP contribution in [0, 0.1) is 6.92 Å². The maximum Gasteiger partial charge on any atom is 0.0946 e. The number of likely N-dealkylation sites (N-methyl/N-ethyl adjacent to an activating group) is 1. The van der Waals surface area contributed by atoms with E-state index in [2.05, 4.69) is 48.1 Å². The van der Waals surface area contributed by atoms with Gasteiger partial charge in [-0.05, 0) is 25.1 Å². The first-order valence-corrected chi connectivity index (χ1v) is 6.54. The third-order valence-electron chi connectivity index (χ3n) is 3.63. The predicted molar refractivity (Wildman–Crippen MR) is 77.6 cm³/mol. The zero-order chi connectivity index (χ0) is 13.8. The molecule has 1 aromatic heterocycles. The predicted octanol–water partition coefficient (Wildman–Crippen LogP) is 1.86. The van der Waals surface area contributed by atoms with Crippen molar-refractivity contribution in [3.63, 3.8) is 0 Å². The van der Waals surface area contributed by atoms with Gasteiger partial charge in [0.25, 0.3) is 0 Å². The van der Waals surface area contributed by atoms with Gasteiger partial charge in [-0.2, -0.15) is 0 Å². The Labute approximate surface area is 114 Å². The fourth-order valence-electron chi connectivity index (χ4n) is 2.38. The second kappa shape index (κ2) is 5.99. The highest BCUT2D eigenvalue weighted by atomic mass is 15.2. The van der Waals surface area contributed by atoms with Crippen molar-refractivity contribution in [2.24, 2.45) is 12.8 Å². The van der Waals surface area contributed by atoms with Crippen LogP contribution in [-0.2, 0) is 13.6 Å². The smallest absolute Gasteiger partial charge is 0.0946 e. The fraction of sp³-hybridized carbons (Fsp3) is 0.400. The Hall–Kier alpha value is -1.65. The standard InChI is InChI=1S/C15H22N4/c1-12-6-4-5-7-13(12)10-18(2)14(8-16)15-9-17-11-19(15)3/h4-7,9,11,14H,8,10,16H2,1-3H3. The number of hydrogen-bond acceptors (Lipinski definition) is 3. The van der Waals surface area contributed by atoms with Crippen molar-refractivity contribution in [1.82, 2.24) is 14.5 Å². The molecule has 1 unspecified atom stereocenters. The van der Waals surface area contributed by atoms with Gasteiger partial charge in [0.2, 0.25) is 0 Å². The van der Waals surface area contributed by atoms with Crippen LogP contribution in [0.15, 0.2) is 36.8 Å². The molecule has 4 nitrogen and oxygen atoms in total. The lowest BCUT2D eigenvalue weighted by atomic mass is 10.1. The first kappa shape index (κ1) is 13.8. The maximum absolute atomic E-state index is 5.94. The summed E-state index contributed by atoms with van der Waals surface area (Å²) in [5.41, 5.74) is 9.75. The molecular weight excluding hydrogens is 236 g/mol. The van der Waals surface area contributed by atoms with Gasteiger partial charge in [0, 0.05) is 26.3 Å². The molecule has 2 rings (SSSR count). The topological polar surface area (TPSA) is 47.1 Å². The van der Waals surface area contributed by atoms with E-state index < -0.39 is 0 Å². The van der Waals surface area contributed by atoms with Crippen LogP contribution in [0.25, 0.3) is 0 Å². The van der Waals surface area contributed by atoms with Gasteiger partial charge in [0.15, 0.2) is 0 Å². The third-order valence-corrected chi connectivity index (χ3v) is 3.63. The normalized spacial score (nSPS) is 12.9. The lowest BCUT2D eigenvalue weighted by Crippen LogP contribution is -2.31. The monoisotopic (exact) mass is 258 g/mol. The van der Waals surface area contributed by atoms with Crippen LogP contribution >= 0.6 is 0 Å². The highest BCUT2D eigenvalue weighted by Gasteiger charge is 2.18. The van der Waals surface area contributed by atoms with Crippen LogP contribution in [0.1, 0.15) is 22.9 Å². The van der Waals surface area contributed by atoms with Crippen molar-refractivity contribution in [1.29, 1.82) is 0 Å². The number of aryl methyl sites for hydroxylation is 2. The van der Waals surface area contributed by atoms with E-state index in [1.165, 1.54) is 11.1 Å². The van der Waals surface area contributed by atoms with Gasteiger partial charge in [0.05, 0.1) is 18.1 Å². The summed E-state index contributed by atoms with van der Waals surface area (Å²) in [6.45, 7) is 3.62. The molecule has 0 saturated heterocycles. The molecule has 2 N–H and O–H groups in total. The summed E-state index contributed by atoms with van der Waals surface area (Å²) in [6, 6.07) is 8.65. The Morgan fingerprint density at radius 3 is 2.68 bits per heavy atom. The minimum Gasteiger partial charge on any atom is -0.336 e. The van der Waals surface area contributed by atoms with Crippen molar-refractivity contribution in [2.75, 3.05) is 13.6 Å². The first-order chi connectivity index (χ1) is 9.13. The molecule has 102 valence electrons. The fourth-order valence-corrected chi connectivity index (χ4v) is 2.38. The van der Waals surface area contributed by atoms with Crippen LogP contribution < -0.4 is 5.73 Å². The van der Waals surface area contributed by atoms with Gasteiger partial charge in [-0.3, -0.25) is 4.90 Å². The van der Waals surface area contributed by atoms with E-state index in [-0.39, 0.29) is 6.04 Å². The molecule has 0 fully saturated rings. The molecular formula is C15H22N4. The second-order valence-electron chi connectivity index (χ2n) is 5.02. The zero-order valence-electron chi connectivity index (χ0n) is 11.9. The average molecular weight is 258 g/mol. The molecule has 0 aliphatic heterocycles. The van der Waals surface area contributed by atoms with Crippen LogP contribution in [-0.4, -0.2) is 28.0 Å². The van der Waals surface area contributed by atoms with Crippen LogP contribution in [0.3, 0.4) is 0 Å². The van der Waals surface area contributed by atoms with Crippen LogP contribution in [0.4, 0.5) is 0 Å². The Morgan fingerprint density at radius 2 is 2.11 bits per heavy atom. The number of rotatable bonds is 5. The Bertz CT molecular complexity index is 532. The van der Waals surface area contributed by atoms with Gasteiger partial charge in [-0.1, -0.05) is 24.3 Å².